The van der Waals surface area contributed by atoms with Crippen LogP contribution in [0.25, 0.3) is 0 Å². The second-order valence-corrected chi connectivity index (χ2v) is 7.16. The predicted molar refractivity (Wildman–Crippen MR) is 104 cm³/mol. The Labute approximate surface area is 164 Å². The van der Waals surface area contributed by atoms with Crippen molar-refractivity contribution in [1.29, 1.82) is 0 Å². The van der Waals surface area contributed by atoms with Gasteiger partial charge in [-0.3, -0.25) is 9.48 Å². The lowest BCUT2D eigenvalue weighted by Crippen LogP contribution is -2.12. The summed E-state index contributed by atoms with van der Waals surface area (Å²) in [5.74, 6) is -0.707. The van der Waals surface area contributed by atoms with Crippen LogP contribution in [0.1, 0.15) is 15.9 Å². The van der Waals surface area contributed by atoms with Crippen molar-refractivity contribution in [3.63, 3.8) is 0 Å². The molecule has 0 saturated carbocycles. The Kier molecular flexibility index (Phi) is 5.86. The third-order valence-corrected chi connectivity index (χ3v) is 5.06. The first-order valence-electron chi connectivity index (χ1n) is 7.57. The zero-order valence-electron chi connectivity index (χ0n) is 13.7. The quantitative estimate of drug-likeness (QED) is 0.577. The molecule has 0 atom stereocenters. The Balaban J connectivity index is 1.73. The minimum atomic E-state index is -0.392. The van der Waals surface area contributed by atoms with Gasteiger partial charge in [0.1, 0.15) is 5.82 Å². The van der Waals surface area contributed by atoms with Crippen LogP contribution in [0.3, 0.4) is 0 Å². The monoisotopic (exact) mass is 409 g/mol. The summed E-state index contributed by atoms with van der Waals surface area (Å²) >= 11 is 13.7. The summed E-state index contributed by atoms with van der Waals surface area (Å²) in [6, 6.07) is 9.49. The van der Waals surface area contributed by atoms with Gasteiger partial charge < -0.3 is 5.32 Å². The Morgan fingerprint density at radius 1 is 1.23 bits per heavy atom. The summed E-state index contributed by atoms with van der Waals surface area (Å²) in [4.78, 5) is 13.4. The summed E-state index contributed by atoms with van der Waals surface area (Å²) in [6.45, 7) is 0.359. The molecule has 3 rings (SSSR count). The van der Waals surface area contributed by atoms with Crippen LogP contribution in [0, 0.1) is 5.82 Å². The molecule has 0 aliphatic rings. The van der Waals surface area contributed by atoms with Crippen LogP contribution in [0.15, 0.2) is 53.7 Å². The number of thioether (sulfide) groups is 1. The predicted octanol–water partition coefficient (Wildman–Crippen LogP) is 5.35. The third kappa shape index (κ3) is 4.38. The second-order valence-electron chi connectivity index (χ2n) is 5.46. The number of amides is 1. The summed E-state index contributed by atoms with van der Waals surface area (Å²) < 4.78 is 14.7. The number of aromatic nitrogens is 2. The van der Waals surface area contributed by atoms with Crippen LogP contribution >= 0.6 is 35.0 Å². The first-order valence-corrected chi connectivity index (χ1v) is 9.55. The van der Waals surface area contributed by atoms with Gasteiger partial charge in [0.05, 0.1) is 29.0 Å². The van der Waals surface area contributed by atoms with Gasteiger partial charge in [-0.05, 0) is 42.2 Å². The number of carbonyl (C=O) groups excluding carboxylic acids is 1. The van der Waals surface area contributed by atoms with E-state index in [-0.39, 0.29) is 5.91 Å². The molecular weight excluding hydrogens is 396 g/mol. The van der Waals surface area contributed by atoms with E-state index in [4.69, 9.17) is 23.2 Å². The fraction of sp³-hybridized carbons (Fsp3) is 0.111. The molecule has 0 aliphatic heterocycles. The normalized spacial score (nSPS) is 10.8. The number of nitrogens with one attached hydrogen (secondary N) is 1. The lowest BCUT2D eigenvalue weighted by atomic mass is 10.2. The molecule has 0 unspecified atom stereocenters. The van der Waals surface area contributed by atoms with E-state index in [2.05, 4.69) is 10.4 Å². The van der Waals surface area contributed by atoms with Crippen molar-refractivity contribution in [1.82, 2.24) is 9.78 Å². The Morgan fingerprint density at radius 3 is 2.77 bits per heavy atom. The fourth-order valence-electron chi connectivity index (χ4n) is 2.34. The van der Waals surface area contributed by atoms with E-state index in [1.165, 1.54) is 30.1 Å². The number of benzene rings is 2. The molecule has 0 spiro atoms. The van der Waals surface area contributed by atoms with Crippen molar-refractivity contribution in [3.05, 3.63) is 75.8 Å². The maximum absolute atomic E-state index is 13.1. The van der Waals surface area contributed by atoms with E-state index in [9.17, 15) is 9.18 Å². The van der Waals surface area contributed by atoms with Crippen molar-refractivity contribution >= 4 is 46.6 Å². The van der Waals surface area contributed by atoms with Crippen molar-refractivity contribution in [2.45, 2.75) is 11.4 Å². The zero-order chi connectivity index (χ0) is 18.7. The van der Waals surface area contributed by atoms with Crippen LogP contribution in [0.4, 0.5) is 10.1 Å². The minimum absolute atomic E-state index is 0.315. The SMILES string of the molecule is CSc1ccc(Cl)c(C(=O)Nc2cnn(Cc3ccc(F)cc3Cl)c2)c1. The molecule has 1 amide bonds. The highest BCUT2D eigenvalue weighted by atomic mass is 35.5. The van der Waals surface area contributed by atoms with Crippen LogP contribution < -0.4 is 5.32 Å². The number of hydrogen-bond donors (Lipinski definition) is 1. The highest BCUT2D eigenvalue weighted by Crippen LogP contribution is 2.24. The van der Waals surface area contributed by atoms with E-state index in [0.717, 1.165) is 10.5 Å². The molecule has 0 saturated heterocycles. The second kappa shape index (κ2) is 8.12. The zero-order valence-corrected chi connectivity index (χ0v) is 16.0. The minimum Gasteiger partial charge on any atom is -0.319 e. The van der Waals surface area contributed by atoms with Crippen LogP contribution in [0.2, 0.25) is 10.0 Å². The highest BCUT2D eigenvalue weighted by Gasteiger charge is 2.13. The largest absolute Gasteiger partial charge is 0.319 e. The van der Waals surface area contributed by atoms with Crippen molar-refractivity contribution in [2.24, 2.45) is 0 Å². The summed E-state index contributed by atoms with van der Waals surface area (Å²) in [5.41, 5.74) is 1.65. The molecule has 8 heteroatoms. The summed E-state index contributed by atoms with van der Waals surface area (Å²) in [5, 5.41) is 7.67. The molecule has 134 valence electrons. The Morgan fingerprint density at radius 2 is 2.04 bits per heavy atom. The van der Waals surface area contributed by atoms with E-state index < -0.39 is 5.82 Å². The van der Waals surface area contributed by atoms with E-state index in [1.54, 1.807) is 29.1 Å². The summed E-state index contributed by atoms with van der Waals surface area (Å²) in [6.07, 6.45) is 5.13. The third-order valence-electron chi connectivity index (χ3n) is 3.66. The van der Waals surface area contributed by atoms with Gasteiger partial charge in [0.25, 0.3) is 5.91 Å². The molecule has 2 aromatic carbocycles. The fourth-order valence-corrected chi connectivity index (χ4v) is 3.21. The van der Waals surface area contributed by atoms with Crippen molar-refractivity contribution in [3.8, 4) is 0 Å². The van der Waals surface area contributed by atoms with Crippen molar-refractivity contribution < 1.29 is 9.18 Å². The molecule has 26 heavy (non-hydrogen) atoms. The Bertz CT molecular complexity index is 961. The van der Waals surface area contributed by atoms with Crippen molar-refractivity contribution in [2.75, 3.05) is 11.6 Å². The maximum atomic E-state index is 13.1. The van der Waals surface area contributed by atoms with Crippen LogP contribution in [-0.4, -0.2) is 21.9 Å². The first kappa shape index (κ1) is 18.8. The molecule has 1 N–H and O–H groups in total. The molecule has 0 radical (unpaired) electrons. The summed E-state index contributed by atoms with van der Waals surface area (Å²) in [7, 11) is 0. The van der Waals surface area contributed by atoms with E-state index in [0.29, 0.717) is 27.8 Å². The number of hydrogen-bond acceptors (Lipinski definition) is 3. The molecule has 4 nitrogen and oxygen atoms in total. The lowest BCUT2D eigenvalue weighted by Gasteiger charge is -2.07. The number of halogens is 3. The van der Waals surface area contributed by atoms with Gasteiger partial charge in [-0.2, -0.15) is 5.10 Å². The van der Waals surface area contributed by atoms with Crippen LogP contribution in [0.5, 0.6) is 0 Å². The van der Waals surface area contributed by atoms with Gasteiger partial charge in [0.2, 0.25) is 0 Å². The standard InChI is InChI=1S/C18H14Cl2FN3OS/c1-26-14-4-5-16(19)15(7-14)18(25)23-13-8-22-24(10-13)9-11-2-3-12(21)6-17(11)20/h2-8,10H,9H2,1H3,(H,23,25). The van der Waals surface area contributed by atoms with E-state index >= 15 is 0 Å². The number of rotatable bonds is 5. The molecule has 0 bridgehead atoms. The topological polar surface area (TPSA) is 46.9 Å². The molecule has 0 aliphatic carbocycles. The van der Waals surface area contributed by atoms with E-state index in [1.807, 2.05) is 12.3 Å². The molecule has 1 aromatic heterocycles. The first-order chi connectivity index (χ1) is 12.5. The number of nitrogens with zero attached hydrogens (tertiary/aromatic N) is 2. The molecule has 0 fully saturated rings. The number of carbonyl (C=O) groups is 1. The lowest BCUT2D eigenvalue weighted by molar-refractivity contribution is 0.102. The van der Waals surface area contributed by atoms with Gasteiger partial charge in [-0.25, -0.2) is 4.39 Å². The van der Waals surface area contributed by atoms with Gasteiger partial charge in [-0.1, -0.05) is 29.3 Å². The maximum Gasteiger partial charge on any atom is 0.257 e. The number of anilines is 1. The average Bonchev–Trinajstić information content (AvgIpc) is 3.04. The molecule has 1 heterocycles. The van der Waals surface area contributed by atoms with Gasteiger partial charge in [0.15, 0.2) is 0 Å². The molecular formula is C18H14Cl2FN3OS. The van der Waals surface area contributed by atoms with Gasteiger partial charge >= 0.3 is 0 Å². The average molecular weight is 410 g/mol. The smallest absolute Gasteiger partial charge is 0.257 e. The van der Waals surface area contributed by atoms with Gasteiger partial charge in [0, 0.05) is 16.1 Å². The highest BCUT2D eigenvalue weighted by molar-refractivity contribution is 7.98. The Hall–Kier alpha value is -2.02. The molecule has 3 aromatic rings. The van der Waals surface area contributed by atoms with Gasteiger partial charge in [-0.15, -0.1) is 11.8 Å². The van der Waals surface area contributed by atoms with Crippen LogP contribution in [-0.2, 0) is 6.54 Å².